The zero-order valence-corrected chi connectivity index (χ0v) is 13.3. The number of aryl methyl sites for hydroxylation is 1. The van der Waals surface area contributed by atoms with Crippen LogP contribution in [-0.4, -0.2) is 22.2 Å². The van der Waals surface area contributed by atoms with Crippen LogP contribution in [0.15, 0.2) is 24.4 Å². The van der Waals surface area contributed by atoms with Gasteiger partial charge < -0.3 is 15.8 Å². The van der Waals surface area contributed by atoms with Gasteiger partial charge in [-0.3, -0.25) is 9.89 Å². The SMILES string of the molecule is Cc1ccc(CNc2[nH]ncc2C(N)=O)cc1OC1CCCC1. The lowest BCUT2D eigenvalue weighted by atomic mass is 10.1. The van der Waals surface area contributed by atoms with Crippen molar-refractivity contribution in [1.29, 1.82) is 0 Å². The van der Waals surface area contributed by atoms with Crippen molar-refractivity contribution < 1.29 is 9.53 Å². The van der Waals surface area contributed by atoms with Gasteiger partial charge in [0, 0.05) is 6.54 Å². The van der Waals surface area contributed by atoms with Gasteiger partial charge in [-0.05, 0) is 49.8 Å². The zero-order chi connectivity index (χ0) is 16.2. The molecule has 1 aliphatic carbocycles. The van der Waals surface area contributed by atoms with Crippen LogP contribution < -0.4 is 15.8 Å². The number of H-pyrrole nitrogens is 1. The van der Waals surface area contributed by atoms with Crippen molar-refractivity contribution in [3.63, 3.8) is 0 Å². The van der Waals surface area contributed by atoms with Crippen molar-refractivity contribution in [2.24, 2.45) is 5.73 Å². The molecule has 1 saturated carbocycles. The maximum Gasteiger partial charge on any atom is 0.254 e. The summed E-state index contributed by atoms with van der Waals surface area (Å²) in [6, 6.07) is 6.16. The van der Waals surface area contributed by atoms with Gasteiger partial charge in [-0.15, -0.1) is 0 Å². The Kier molecular flexibility index (Phi) is 4.50. The smallest absolute Gasteiger partial charge is 0.254 e. The summed E-state index contributed by atoms with van der Waals surface area (Å²) in [4.78, 5) is 11.3. The first-order valence-electron chi connectivity index (χ1n) is 7.96. The zero-order valence-electron chi connectivity index (χ0n) is 13.3. The molecule has 6 nitrogen and oxygen atoms in total. The number of benzene rings is 1. The first-order valence-corrected chi connectivity index (χ1v) is 7.96. The molecular formula is C17H22N4O2. The van der Waals surface area contributed by atoms with Gasteiger partial charge in [0.2, 0.25) is 0 Å². The molecule has 3 rings (SSSR count). The van der Waals surface area contributed by atoms with Gasteiger partial charge in [-0.1, -0.05) is 12.1 Å². The predicted octanol–water partition coefficient (Wildman–Crippen LogP) is 2.75. The second kappa shape index (κ2) is 6.73. The van der Waals surface area contributed by atoms with Gasteiger partial charge in [0.15, 0.2) is 0 Å². The van der Waals surface area contributed by atoms with Crippen molar-refractivity contribution >= 4 is 11.7 Å². The van der Waals surface area contributed by atoms with Crippen LogP contribution in [0.3, 0.4) is 0 Å². The number of anilines is 1. The topological polar surface area (TPSA) is 93.0 Å². The van der Waals surface area contributed by atoms with Crippen molar-refractivity contribution in [3.8, 4) is 5.75 Å². The number of aromatic nitrogens is 2. The van der Waals surface area contributed by atoms with Gasteiger partial charge in [-0.25, -0.2) is 0 Å². The van der Waals surface area contributed by atoms with Gasteiger partial charge >= 0.3 is 0 Å². The molecule has 0 unspecified atom stereocenters. The van der Waals surface area contributed by atoms with Crippen LogP contribution >= 0.6 is 0 Å². The molecule has 2 aromatic rings. The number of nitrogens with zero attached hydrogens (tertiary/aromatic N) is 1. The summed E-state index contributed by atoms with van der Waals surface area (Å²) < 4.78 is 6.12. The molecule has 1 amide bonds. The minimum atomic E-state index is -0.504. The molecule has 1 fully saturated rings. The van der Waals surface area contributed by atoms with Crippen LogP contribution in [0.2, 0.25) is 0 Å². The predicted molar refractivity (Wildman–Crippen MR) is 88.5 cm³/mol. The fourth-order valence-electron chi connectivity index (χ4n) is 2.87. The molecule has 0 radical (unpaired) electrons. The van der Waals surface area contributed by atoms with Crippen LogP contribution in [0, 0.1) is 6.92 Å². The summed E-state index contributed by atoms with van der Waals surface area (Å²) in [7, 11) is 0. The van der Waals surface area contributed by atoms with Gasteiger partial charge in [-0.2, -0.15) is 5.10 Å². The van der Waals surface area contributed by atoms with Crippen LogP contribution in [0.1, 0.15) is 47.2 Å². The second-order valence-corrected chi connectivity index (χ2v) is 6.00. The molecule has 0 spiro atoms. The van der Waals surface area contributed by atoms with E-state index >= 15 is 0 Å². The van der Waals surface area contributed by atoms with E-state index in [9.17, 15) is 4.79 Å². The molecule has 0 bridgehead atoms. The molecule has 0 aliphatic heterocycles. The Labute approximate surface area is 135 Å². The Hall–Kier alpha value is -2.50. The molecule has 1 heterocycles. The molecule has 6 heteroatoms. The number of aromatic amines is 1. The number of hydrogen-bond acceptors (Lipinski definition) is 4. The fraction of sp³-hybridized carbons (Fsp3) is 0.412. The lowest BCUT2D eigenvalue weighted by Crippen LogP contribution is -2.14. The van der Waals surface area contributed by atoms with E-state index in [2.05, 4.69) is 34.6 Å². The van der Waals surface area contributed by atoms with Crippen molar-refractivity contribution in [2.75, 3.05) is 5.32 Å². The Morgan fingerprint density at radius 2 is 2.22 bits per heavy atom. The molecule has 0 atom stereocenters. The molecule has 122 valence electrons. The average Bonchev–Trinajstić information content (AvgIpc) is 3.19. The van der Waals surface area contributed by atoms with E-state index in [1.165, 1.54) is 19.0 Å². The number of nitrogens with two attached hydrogens (primary N) is 1. The standard InChI is InChI=1S/C17H22N4O2/c1-11-6-7-12(8-15(11)23-13-4-2-3-5-13)9-19-17-14(16(18)22)10-20-21-17/h6-8,10,13H,2-5,9H2,1H3,(H2,18,22)(H2,19,20,21). The Morgan fingerprint density at radius 3 is 2.96 bits per heavy atom. The molecular weight excluding hydrogens is 292 g/mol. The van der Waals surface area contributed by atoms with Gasteiger partial charge in [0.1, 0.15) is 17.1 Å². The number of carbonyl (C=O) groups excluding carboxylic acids is 1. The Balaban J connectivity index is 1.68. The maximum atomic E-state index is 11.3. The summed E-state index contributed by atoms with van der Waals surface area (Å²) in [5, 5.41) is 9.75. The van der Waals surface area contributed by atoms with E-state index in [1.54, 1.807) is 0 Å². The molecule has 4 N–H and O–H groups in total. The third-order valence-corrected chi connectivity index (χ3v) is 4.22. The molecule has 0 saturated heterocycles. The number of ether oxygens (including phenoxy) is 1. The highest BCUT2D eigenvalue weighted by Crippen LogP contribution is 2.27. The molecule has 1 aliphatic rings. The lowest BCUT2D eigenvalue weighted by Gasteiger charge is -2.16. The van der Waals surface area contributed by atoms with Crippen molar-refractivity contribution in [2.45, 2.75) is 45.3 Å². The summed E-state index contributed by atoms with van der Waals surface area (Å²) in [6.45, 7) is 2.62. The summed E-state index contributed by atoms with van der Waals surface area (Å²) in [6.07, 6.45) is 6.54. The normalized spacial score (nSPS) is 14.8. The number of rotatable bonds is 6. The first-order chi connectivity index (χ1) is 11.1. The molecule has 23 heavy (non-hydrogen) atoms. The monoisotopic (exact) mass is 314 g/mol. The third-order valence-electron chi connectivity index (χ3n) is 4.22. The van der Waals surface area contributed by atoms with Gasteiger partial charge in [0.05, 0.1) is 12.3 Å². The molecule has 1 aromatic carbocycles. The average molecular weight is 314 g/mol. The number of hydrogen-bond donors (Lipinski definition) is 3. The first kappa shape index (κ1) is 15.4. The van der Waals surface area contributed by atoms with E-state index in [4.69, 9.17) is 10.5 Å². The Morgan fingerprint density at radius 1 is 1.43 bits per heavy atom. The fourth-order valence-corrected chi connectivity index (χ4v) is 2.87. The quantitative estimate of drug-likeness (QED) is 0.764. The summed E-state index contributed by atoms with van der Waals surface area (Å²) in [5.74, 6) is 0.975. The molecule has 1 aromatic heterocycles. The highest BCUT2D eigenvalue weighted by atomic mass is 16.5. The highest BCUT2D eigenvalue weighted by Gasteiger charge is 2.17. The maximum absolute atomic E-state index is 11.3. The largest absolute Gasteiger partial charge is 0.490 e. The minimum absolute atomic E-state index is 0.339. The van der Waals surface area contributed by atoms with Crippen LogP contribution in [0.5, 0.6) is 5.75 Å². The van der Waals surface area contributed by atoms with Crippen LogP contribution in [0.25, 0.3) is 0 Å². The number of nitrogens with one attached hydrogen (secondary N) is 2. The summed E-state index contributed by atoms with van der Waals surface area (Å²) in [5.41, 5.74) is 7.88. The number of amides is 1. The van der Waals surface area contributed by atoms with Crippen LogP contribution in [-0.2, 0) is 6.54 Å². The second-order valence-electron chi connectivity index (χ2n) is 6.00. The van der Waals surface area contributed by atoms with Gasteiger partial charge in [0.25, 0.3) is 5.91 Å². The van der Waals surface area contributed by atoms with E-state index < -0.39 is 5.91 Å². The van der Waals surface area contributed by atoms with Crippen LogP contribution in [0.4, 0.5) is 5.82 Å². The van der Waals surface area contributed by atoms with E-state index in [0.717, 1.165) is 29.7 Å². The van der Waals surface area contributed by atoms with Crippen molar-refractivity contribution in [1.82, 2.24) is 10.2 Å². The van der Waals surface area contributed by atoms with E-state index in [1.807, 2.05) is 6.07 Å². The Bertz CT molecular complexity index is 690. The number of carbonyl (C=O) groups is 1. The number of primary amides is 1. The van der Waals surface area contributed by atoms with Crippen molar-refractivity contribution in [3.05, 3.63) is 41.1 Å². The minimum Gasteiger partial charge on any atom is -0.490 e. The lowest BCUT2D eigenvalue weighted by molar-refractivity contribution is 0.100. The van der Waals surface area contributed by atoms with E-state index in [-0.39, 0.29) is 0 Å². The third kappa shape index (κ3) is 3.64. The van der Waals surface area contributed by atoms with E-state index in [0.29, 0.717) is 24.0 Å². The summed E-state index contributed by atoms with van der Waals surface area (Å²) >= 11 is 0. The highest BCUT2D eigenvalue weighted by molar-refractivity contribution is 5.97.